The molecule has 0 bridgehead atoms. The Morgan fingerprint density at radius 2 is 2.41 bits per heavy atom. The average molecular weight is 258 g/mol. The van der Waals surface area contributed by atoms with Gasteiger partial charge in [-0.3, -0.25) is 4.79 Å². The minimum Gasteiger partial charge on any atom is -0.456 e. The molecule has 1 aliphatic rings. The van der Waals surface area contributed by atoms with E-state index < -0.39 is 0 Å². The minimum absolute atomic E-state index is 0.0620. The number of nitrogens with zero attached hydrogens (tertiary/aromatic N) is 1. The molecular weight excluding hydrogens is 242 g/mol. The molecule has 1 aromatic heterocycles. The Bertz CT molecular complexity index is 391. The lowest BCUT2D eigenvalue weighted by Gasteiger charge is -2.33. The van der Waals surface area contributed by atoms with Crippen molar-refractivity contribution >= 4 is 17.5 Å². The van der Waals surface area contributed by atoms with Gasteiger partial charge in [0.25, 0.3) is 5.91 Å². The molecule has 0 radical (unpaired) electrons. The Kier molecular flexibility index (Phi) is 4.07. The average Bonchev–Trinajstić information content (AvgIpc) is 2.86. The summed E-state index contributed by atoms with van der Waals surface area (Å²) in [4.78, 5) is 13.9. The molecular formula is C12H16ClNO3. The third kappa shape index (κ3) is 2.64. The number of halogens is 1. The largest absolute Gasteiger partial charge is 0.456 e. The highest BCUT2D eigenvalue weighted by Gasteiger charge is 2.29. The van der Waals surface area contributed by atoms with Gasteiger partial charge in [-0.25, -0.2) is 0 Å². The van der Waals surface area contributed by atoms with Gasteiger partial charge in [0.1, 0.15) is 5.76 Å². The van der Waals surface area contributed by atoms with Crippen LogP contribution in [0.15, 0.2) is 16.5 Å². The number of amides is 1. The van der Waals surface area contributed by atoms with Gasteiger partial charge in [-0.2, -0.15) is 0 Å². The van der Waals surface area contributed by atoms with Crippen molar-refractivity contribution in [2.75, 3.05) is 25.6 Å². The summed E-state index contributed by atoms with van der Waals surface area (Å²) in [5.41, 5.74) is 0. The number of carbonyl (C=O) groups is 1. The van der Waals surface area contributed by atoms with Gasteiger partial charge in [0, 0.05) is 18.8 Å². The van der Waals surface area contributed by atoms with E-state index in [1.807, 2.05) is 13.0 Å². The number of morpholine rings is 1. The third-order valence-corrected chi connectivity index (χ3v) is 3.24. The van der Waals surface area contributed by atoms with E-state index in [0.717, 1.165) is 12.2 Å². The van der Waals surface area contributed by atoms with Crippen molar-refractivity contribution < 1.29 is 13.9 Å². The number of rotatable bonds is 3. The predicted octanol–water partition coefficient (Wildman–Crippen LogP) is 1.92. The maximum absolute atomic E-state index is 12.2. The second-order valence-electron chi connectivity index (χ2n) is 4.00. The van der Waals surface area contributed by atoms with E-state index in [1.54, 1.807) is 11.0 Å². The van der Waals surface area contributed by atoms with Crippen LogP contribution in [0.25, 0.3) is 0 Å². The maximum atomic E-state index is 12.2. The van der Waals surface area contributed by atoms with E-state index >= 15 is 0 Å². The van der Waals surface area contributed by atoms with E-state index in [0.29, 0.717) is 31.4 Å². The van der Waals surface area contributed by atoms with E-state index in [2.05, 4.69) is 0 Å². The summed E-state index contributed by atoms with van der Waals surface area (Å²) in [6.45, 7) is 3.61. The fourth-order valence-corrected chi connectivity index (χ4v) is 2.13. The van der Waals surface area contributed by atoms with Crippen LogP contribution in [0.1, 0.15) is 23.2 Å². The third-order valence-electron chi connectivity index (χ3n) is 2.89. The second-order valence-corrected chi connectivity index (χ2v) is 4.31. The molecule has 0 N–H and O–H groups in total. The molecule has 1 atom stereocenters. The van der Waals surface area contributed by atoms with Crippen molar-refractivity contribution in [2.24, 2.45) is 0 Å². The molecule has 1 aliphatic heterocycles. The zero-order valence-corrected chi connectivity index (χ0v) is 10.6. The number of hydrogen-bond acceptors (Lipinski definition) is 3. The number of ether oxygens (including phenoxy) is 1. The van der Waals surface area contributed by atoms with Crippen LogP contribution in [0.3, 0.4) is 0 Å². The molecule has 1 fully saturated rings. The van der Waals surface area contributed by atoms with E-state index in [1.165, 1.54) is 0 Å². The lowest BCUT2D eigenvalue weighted by Crippen LogP contribution is -2.49. The standard InChI is InChI=1S/C12H16ClNO3/c1-2-10-3-4-11(17-10)12(15)14-5-6-16-8-9(14)7-13/h3-4,9H,2,5-8H2,1H3. The van der Waals surface area contributed by atoms with Crippen molar-refractivity contribution in [1.82, 2.24) is 4.90 Å². The van der Waals surface area contributed by atoms with Crippen molar-refractivity contribution in [3.8, 4) is 0 Å². The minimum atomic E-state index is -0.0985. The molecule has 2 heterocycles. The lowest BCUT2D eigenvalue weighted by atomic mass is 10.2. The van der Waals surface area contributed by atoms with Gasteiger partial charge in [-0.1, -0.05) is 6.92 Å². The highest BCUT2D eigenvalue weighted by atomic mass is 35.5. The normalized spacial score (nSPS) is 20.6. The molecule has 1 aromatic rings. The number of alkyl halides is 1. The van der Waals surface area contributed by atoms with Gasteiger partial charge in [0.15, 0.2) is 5.76 Å². The van der Waals surface area contributed by atoms with Crippen LogP contribution in [0, 0.1) is 0 Å². The molecule has 2 rings (SSSR count). The summed E-state index contributed by atoms with van der Waals surface area (Å²) in [6.07, 6.45) is 0.787. The number of aryl methyl sites for hydroxylation is 1. The summed E-state index contributed by atoms with van der Waals surface area (Å²) in [5, 5.41) is 0. The number of furan rings is 1. The van der Waals surface area contributed by atoms with Crippen molar-refractivity contribution in [2.45, 2.75) is 19.4 Å². The highest BCUT2D eigenvalue weighted by Crippen LogP contribution is 2.16. The molecule has 94 valence electrons. The number of carbonyl (C=O) groups excluding carboxylic acids is 1. The Morgan fingerprint density at radius 3 is 3.06 bits per heavy atom. The maximum Gasteiger partial charge on any atom is 0.290 e. The summed E-state index contributed by atoms with van der Waals surface area (Å²) in [6, 6.07) is 3.50. The molecule has 1 unspecified atom stereocenters. The van der Waals surface area contributed by atoms with Crippen molar-refractivity contribution in [3.05, 3.63) is 23.7 Å². The molecule has 17 heavy (non-hydrogen) atoms. The predicted molar refractivity (Wildman–Crippen MR) is 64.4 cm³/mol. The molecule has 1 saturated heterocycles. The van der Waals surface area contributed by atoms with Gasteiger partial charge in [-0.05, 0) is 12.1 Å². The summed E-state index contributed by atoms with van der Waals surface area (Å²) in [5.74, 6) is 1.49. The first kappa shape index (κ1) is 12.5. The Morgan fingerprint density at radius 1 is 1.59 bits per heavy atom. The molecule has 0 aliphatic carbocycles. The second kappa shape index (κ2) is 5.56. The quantitative estimate of drug-likeness (QED) is 0.777. The Balaban J connectivity index is 2.12. The molecule has 5 heteroatoms. The van der Waals surface area contributed by atoms with E-state index in [4.69, 9.17) is 20.8 Å². The first-order valence-electron chi connectivity index (χ1n) is 5.79. The van der Waals surface area contributed by atoms with Crippen LogP contribution >= 0.6 is 11.6 Å². The van der Waals surface area contributed by atoms with Crippen LogP contribution < -0.4 is 0 Å². The Hall–Kier alpha value is -1.00. The van der Waals surface area contributed by atoms with Gasteiger partial charge in [0.2, 0.25) is 0 Å². The molecule has 1 amide bonds. The monoisotopic (exact) mass is 257 g/mol. The molecule has 0 aromatic carbocycles. The Labute approximate surface area is 105 Å². The molecule has 4 nitrogen and oxygen atoms in total. The van der Waals surface area contributed by atoms with Gasteiger partial charge < -0.3 is 14.1 Å². The van der Waals surface area contributed by atoms with Crippen molar-refractivity contribution in [1.29, 1.82) is 0 Å². The summed E-state index contributed by atoms with van der Waals surface area (Å²) in [7, 11) is 0. The fourth-order valence-electron chi connectivity index (χ4n) is 1.87. The SMILES string of the molecule is CCc1ccc(C(=O)N2CCOCC2CCl)o1. The van der Waals surface area contributed by atoms with E-state index in [-0.39, 0.29) is 11.9 Å². The van der Waals surface area contributed by atoms with Crippen LogP contribution in [0.2, 0.25) is 0 Å². The molecule has 0 spiro atoms. The smallest absolute Gasteiger partial charge is 0.290 e. The zero-order valence-electron chi connectivity index (χ0n) is 9.82. The van der Waals surface area contributed by atoms with Crippen molar-refractivity contribution in [3.63, 3.8) is 0 Å². The lowest BCUT2D eigenvalue weighted by molar-refractivity contribution is 0.00285. The fraction of sp³-hybridized carbons (Fsp3) is 0.583. The van der Waals surface area contributed by atoms with Crippen LogP contribution in [-0.4, -0.2) is 42.5 Å². The highest BCUT2D eigenvalue weighted by molar-refractivity contribution is 6.18. The van der Waals surface area contributed by atoms with Crippen LogP contribution in [-0.2, 0) is 11.2 Å². The van der Waals surface area contributed by atoms with Gasteiger partial charge in [-0.15, -0.1) is 11.6 Å². The van der Waals surface area contributed by atoms with E-state index in [9.17, 15) is 4.79 Å². The number of hydrogen-bond donors (Lipinski definition) is 0. The first-order valence-corrected chi connectivity index (χ1v) is 6.33. The first-order chi connectivity index (χ1) is 8.26. The molecule has 0 saturated carbocycles. The van der Waals surface area contributed by atoms with Gasteiger partial charge >= 0.3 is 0 Å². The topological polar surface area (TPSA) is 42.7 Å². The van der Waals surface area contributed by atoms with Crippen LogP contribution in [0.4, 0.5) is 0 Å². The van der Waals surface area contributed by atoms with Gasteiger partial charge in [0.05, 0.1) is 19.3 Å². The summed E-state index contributed by atoms with van der Waals surface area (Å²) >= 11 is 5.83. The zero-order chi connectivity index (χ0) is 12.3. The van der Waals surface area contributed by atoms with Crippen LogP contribution in [0.5, 0.6) is 0 Å². The summed E-state index contributed by atoms with van der Waals surface area (Å²) < 4.78 is 10.8.